The van der Waals surface area contributed by atoms with Crippen LogP contribution in [0.1, 0.15) is 93.2 Å². The molecule has 4 saturated carbocycles. The van der Waals surface area contributed by atoms with E-state index in [9.17, 15) is 0 Å². The van der Waals surface area contributed by atoms with E-state index in [1.54, 1.807) is 5.56 Å². The number of hydrogen-bond donors (Lipinski definition) is 0. The minimum absolute atomic E-state index is 0.00601. The van der Waals surface area contributed by atoms with Gasteiger partial charge in [0, 0.05) is 5.41 Å². The molecule has 3 heteroatoms. The van der Waals surface area contributed by atoms with Gasteiger partial charge in [0.1, 0.15) is 0 Å². The second-order valence-electron chi connectivity index (χ2n) is 15.6. The van der Waals surface area contributed by atoms with Gasteiger partial charge in [-0.3, -0.25) is 0 Å². The number of rotatable bonds is 3. The number of benzene rings is 4. The Bertz CT molecular complexity index is 1660. The van der Waals surface area contributed by atoms with Crippen molar-refractivity contribution in [2.24, 2.45) is 23.7 Å². The Balaban J connectivity index is 1.38. The predicted octanol–water partition coefficient (Wildman–Crippen LogP) is 8.42. The van der Waals surface area contributed by atoms with Crippen molar-refractivity contribution in [1.82, 2.24) is 0 Å². The largest absolute Gasteiger partial charge is 0.494 e. The SMILES string of the molecule is CC1(C)OB(c2ccc3c(c2)C2(c4ccccc4C3(c3ccccc3)c3ccccc3)C3CC4CC(C3)CC2C4)OC1(C)C. The van der Waals surface area contributed by atoms with E-state index in [1.165, 1.54) is 59.9 Å². The first-order valence-corrected chi connectivity index (χ1v) is 17.0. The lowest BCUT2D eigenvalue weighted by molar-refractivity contribution is -0.0440. The third-order valence-corrected chi connectivity index (χ3v) is 13.0. The summed E-state index contributed by atoms with van der Waals surface area (Å²) in [6, 6.07) is 39.5. The summed E-state index contributed by atoms with van der Waals surface area (Å²) in [4.78, 5) is 0. The maximum atomic E-state index is 6.70. The maximum absolute atomic E-state index is 6.70. The molecule has 1 heterocycles. The normalized spacial score (nSPS) is 31.6. The molecule has 4 aromatic rings. The summed E-state index contributed by atoms with van der Waals surface area (Å²) in [5.74, 6) is 3.10. The summed E-state index contributed by atoms with van der Waals surface area (Å²) in [6.07, 6.45) is 6.86. The predicted molar refractivity (Wildman–Crippen MR) is 178 cm³/mol. The molecule has 0 unspecified atom stereocenters. The van der Waals surface area contributed by atoms with Gasteiger partial charge in [0.25, 0.3) is 0 Å². The molecule has 0 amide bonds. The van der Waals surface area contributed by atoms with Crippen LogP contribution >= 0.6 is 0 Å². The van der Waals surface area contributed by atoms with E-state index in [0.29, 0.717) is 11.8 Å². The number of hydrogen-bond acceptors (Lipinski definition) is 2. The van der Waals surface area contributed by atoms with Gasteiger partial charge in [-0.1, -0.05) is 103 Å². The molecule has 222 valence electrons. The van der Waals surface area contributed by atoms with Gasteiger partial charge in [-0.15, -0.1) is 0 Å². The highest BCUT2D eigenvalue weighted by Crippen LogP contribution is 2.69. The van der Waals surface area contributed by atoms with Crippen LogP contribution in [0.2, 0.25) is 0 Å². The van der Waals surface area contributed by atoms with Crippen molar-refractivity contribution in [1.29, 1.82) is 0 Å². The molecular formula is C41H43BO2. The van der Waals surface area contributed by atoms with Gasteiger partial charge in [0.15, 0.2) is 0 Å². The minimum Gasteiger partial charge on any atom is -0.399 e. The fourth-order valence-corrected chi connectivity index (χ4v) is 10.8. The lowest BCUT2D eigenvalue weighted by Gasteiger charge is -2.65. The molecule has 4 aromatic carbocycles. The van der Waals surface area contributed by atoms with E-state index in [0.717, 1.165) is 17.3 Å². The summed E-state index contributed by atoms with van der Waals surface area (Å²) in [5, 5.41) is 0. The molecule has 2 nitrogen and oxygen atoms in total. The van der Waals surface area contributed by atoms with Crippen LogP contribution < -0.4 is 5.46 Å². The van der Waals surface area contributed by atoms with Crippen molar-refractivity contribution < 1.29 is 9.31 Å². The van der Waals surface area contributed by atoms with Gasteiger partial charge >= 0.3 is 7.12 Å². The standard InChI is InChI=1S/C41H43BO2/c1-38(2)39(3,4)44-42(43-38)33-19-20-36-37(26-33)41(31-22-27-21-28(24-31)25-32(41)23-27)35-18-12-11-17-34(35)40(36,29-13-7-5-8-14-29)30-15-9-6-10-16-30/h5-20,26-28,31-32H,21-25H2,1-4H3. The van der Waals surface area contributed by atoms with E-state index in [4.69, 9.17) is 9.31 Å². The first kappa shape index (κ1) is 27.2. The third-order valence-electron chi connectivity index (χ3n) is 13.0. The first-order chi connectivity index (χ1) is 21.2. The summed E-state index contributed by atoms with van der Waals surface area (Å²) in [5.41, 5.74) is 8.69. The monoisotopic (exact) mass is 578 g/mol. The van der Waals surface area contributed by atoms with Crippen LogP contribution in [-0.2, 0) is 20.1 Å². The van der Waals surface area contributed by atoms with Crippen LogP contribution in [0.25, 0.3) is 0 Å². The molecule has 0 atom stereocenters. The molecule has 44 heavy (non-hydrogen) atoms. The molecule has 6 aliphatic rings. The van der Waals surface area contributed by atoms with E-state index in [2.05, 4.69) is 131 Å². The van der Waals surface area contributed by atoms with E-state index in [1.807, 2.05) is 0 Å². The van der Waals surface area contributed by atoms with Crippen LogP contribution in [0.4, 0.5) is 0 Å². The highest BCUT2D eigenvalue weighted by Gasteiger charge is 2.64. The van der Waals surface area contributed by atoms with Crippen LogP contribution in [0, 0.1) is 23.7 Å². The molecule has 0 aromatic heterocycles. The van der Waals surface area contributed by atoms with Crippen molar-refractivity contribution in [3.05, 3.63) is 137 Å². The molecule has 1 spiro atoms. The zero-order valence-corrected chi connectivity index (χ0v) is 26.6. The lowest BCUT2D eigenvalue weighted by atomic mass is 9.38. The Morgan fingerprint density at radius 1 is 0.523 bits per heavy atom. The molecule has 1 saturated heterocycles. The molecule has 10 rings (SSSR count). The van der Waals surface area contributed by atoms with Crippen LogP contribution in [0.15, 0.2) is 103 Å². The second-order valence-corrected chi connectivity index (χ2v) is 15.6. The summed E-state index contributed by atoms with van der Waals surface area (Å²) >= 11 is 0. The fourth-order valence-electron chi connectivity index (χ4n) is 10.8. The highest BCUT2D eigenvalue weighted by molar-refractivity contribution is 6.62. The zero-order chi connectivity index (χ0) is 29.9. The Morgan fingerprint density at radius 2 is 1.00 bits per heavy atom. The molecule has 0 N–H and O–H groups in total. The van der Waals surface area contributed by atoms with E-state index < -0.39 is 5.41 Å². The minimum atomic E-state index is -0.414. The third kappa shape index (κ3) is 3.41. The van der Waals surface area contributed by atoms with Gasteiger partial charge < -0.3 is 9.31 Å². The van der Waals surface area contributed by atoms with Gasteiger partial charge in [-0.2, -0.15) is 0 Å². The summed E-state index contributed by atoms with van der Waals surface area (Å²) in [7, 11) is -0.376. The first-order valence-electron chi connectivity index (χ1n) is 17.0. The summed E-state index contributed by atoms with van der Waals surface area (Å²) in [6.45, 7) is 8.65. The Morgan fingerprint density at radius 3 is 1.55 bits per heavy atom. The van der Waals surface area contributed by atoms with E-state index in [-0.39, 0.29) is 23.7 Å². The van der Waals surface area contributed by atoms with Gasteiger partial charge in [0.05, 0.1) is 16.6 Å². The Labute approximate surface area is 263 Å². The molecule has 5 aliphatic carbocycles. The maximum Gasteiger partial charge on any atom is 0.494 e. The zero-order valence-electron chi connectivity index (χ0n) is 26.6. The van der Waals surface area contributed by atoms with Crippen LogP contribution in [0.5, 0.6) is 0 Å². The molecule has 5 fully saturated rings. The van der Waals surface area contributed by atoms with Gasteiger partial charge in [0.2, 0.25) is 0 Å². The van der Waals surface area contributed by atoms with Gasteiger partial charge in [-0.25, -0.2) is 0 Å². The summed E-state index contributed by atoms with van der Waals surface area (Å²) < 4.78 is 13.4. The smallest absolute Gasteiger partial charge is 0.399 e. The van der Waals surface area contributed by atoms with E-state index >= 15 is 0 Å². The average Bonchev–Trinajstić information content (AvgIpc) is 3.25. The fraction of sp³-hybridized carbons (Fsp3) is 0.415. The van der Waals surface area contributed by atoms with Crippen molar-refractivity contribution in [2.75, 3.05) is 0 Å². The topological polar surface area (TPSA) is 18.5 Å². The van der Waals surface area contributed by atoms with Gasteiger partial charge in [-0.05, 0) is 122 Å². The lowest BCUT2D eigenvalue weighted by Crippen LogP contribution is -2.60. The molecule has 4 bridgehead atoms. The van der Waals surface area contributed by atoms with Crippen LogP contribution in [-0.4, -0.2) is 18.3 Å². The average molecular weight is 579 g/mol. The van der Waals surface area contributed by atoms with Crippen LogP contribution in [0.3, 0.4) is 0 Å². The van der Waals surface area contributed by atoms with Crippen molar-refractivity contribution >= 4 is 12.6 Å². The molecule has 1 aliphatic heterocycles. The number of fused-ring (bicyclic) bond motifs is 2. The molecule has 0 radical (unpaired) electrons. The second kappa shape index (κ2) is 9.21. The molecular weight excluding hydrogens is 535 g/mol. The Hall–Kier alpha value is -3.14. The quantitative estimate of drug-likeness (QED) is 0.227. The van der Waals surface area contributed by atoms with Crippen molar-refractivity contribution in [3.63, 3.8) is 0 Å². The van der Waals surface area contributed by atoms with Crippen molar-refractivity contribution in [2.45, 2.75) is 81.8 Å². The van der Waals surface area contributed by atoms with Crippen molar-refractivity contribution in [3.8, 4) is 0 Å². The highest BCUT2D eigenvalue weighted by atomic mass is 16.7. The Kier molecular flexibility index (Phi) is 5.69.